The second kappa shape index (κ2) is 14.2. The monoisotopic (exact) mass is 661 g/mol. The molecule has 4 aromatic rings. The van der Waals surface area contributed by atoms with Crippen LogP contribution in [0.3, 0.4) is 0 Å². The Labute approximate surface area is 264 Å². The van der Waals surface area contributed by atoms with Crippen LogP contribution in [0.5, 0.6) is 0 Å². The first-order valence-electron chi connectivity index (χ1n) is 13.0. The summed E-state index contributed by atoms with van der Waals surface area (Å²) >= 11 is 18.9. The normalized spacial score (nSPS) is 11.9. The van der Waals surface area contributed by atoms with Gasteiger partial charge in [0.1, 0.15) is 18.4 Å². The molecule has 0 saturated heterocycles. The SMILES string of the molecule is CNC(=O)C(Cc1ccccc1)N(Cc1c(Cl)cccc1Cl)C(=O)CN(c1ccc(F)c(Cl)c1)S(=O)(=O)c1ccccc1. The molecule has 0 bridgehead atoms. The third-order valence-electron chi connectivity index (χ3n) is 6.71. The quantitative estimate of drug-likeness (QED) is 0.202. The minimum Gasteiger partial charge on any atom is -0.357 e. The second-order valence-electron chi connectivity index (χ2n) is 9.46. The Morgan fingerprint density at radius 3 is 2.02 bits per heavy atom. The summed E-state index contributed by atoms with van der Waals surface area (Å²) < 4.78 is 42.7. The lowest BCUT2D eigenvalue weighted by molar-refractivity contribution is -0.139. The molecule has 0 fully saturated rings. The summed E-state index contributed by atoms with van der Waals surface area (Å²) in [6.45, 7) is -0.949. The summed E-state index contributed by atoms with van der Waals surface area (Å²) in [5, 5.41) is 2.80. The van der Waals surface area contributed by atoms with E-state index in [2.05, 4.69) is 5.32 Å². The maximum atomic E-state index is 14.3. The number of anilines is 1. The molecule has 7 nitrogen and oxygen atoms in total. The van der Waals surface area contributed by atoms with Gasteiger partial charge in [0.2, 0.25) is 11.8 Å². The third-order valence-corrected chi connectivity index (χ3v) is 9.49. The molecule has 1 atom stereocenters. The molecule has 12 heteroatoms. The average Bonchev–Trinajstić information content (AvgIpc) is 3.00. The molecule has 1 N–H and O–H groups in total. The van der Waals surface area contributed by atoms with Crippen LogP contribution < -0.4 is 9.62 Å². The Morgan fingerprint density at radius 1 is 0.837 bits per heavy atom. The molecule has 4 rings (SSSR count). The number of benzene rings is 4. The van der Waals surface area contributed by atoms with Crippen LogP contribution in [0.15, 0.2) is 102 Å². The van der Waals surface area contributed by atoms with Crippen molar-refractivity contribution < 1.29 is 22.4 Å². The van der Waals surface area contributed by atoms with Crippen LogP contribution in [0.25, 0.3) is 0 Å². The lowest BCUT2D eigenvalue weighted by atomic mass is 10.0. The van der Waals surface area contributed by atoms with Gasteiger partial charge in [-0.05, 0) is 48.0 Å². The topological polar surface area (TPSA) is 86.8 Å². The Bertz CT molecular complexity index is 1690. The van der Waals surface area contributed by atoms with Gasteiger partial charge in [0.05, 0.1) is 15.6 Å². The lowest BCUT2D eigenvalue weighted by Gasteiger charge is -2.34. The first-order valence-corrected chi connectivity index (χ1v) is 15.6. The van der Waals surface area contributed by atoms with Gasteiger partial charge in [-0.2, -0.15) is 0 Å². The van der Waals surface area contributed by atoms with Crippen molar-refractivity contribution in [3.05, 3.63) is 129 Å². The highest BCUT2D eigenvalue weighted by atomic mass is 35.5. The van der Waals surface area contributed by atoms with Gasteiger partial charge < -0.3 is 10.2 Å². The van der Waals surface area contributed by atoms with E-state index in [-0.39, 0.29) is 38.6 Å². The van der Waals surface area contributed by atoms with E-state index in [4.69, 9.17) is 34.8 Å². The van der Waals surface area contributed by atoms with Crippen LogP contribution in [0.2, 0.25) is 15.1 Å². The number of rotatable bonds is 11. The summed E-state index contributed by atoms with van der Waals surface area (Å²) in [6, 6.07) is 23.7. The number of carbonyl (C=O) groups excluding carboxylic acids is 2. The van der Waals surface area contributed by atoms with Crippen molar-refractivity contribution in [1.82, 2.24) is 10.2 Å². The van der Waals surface area contributed by atoms with Gasteiger partial charge in [-0.1, -0.05) is 89.4 Å². The van der Waals surface area contributed by atoms with Crippen LogP contribution in [0, 0.1) is 5.82 Å². The maximum Gasteiger partial charge on any atom is 0.264 e. The average molecular weight is 663 g/mol. The summed E-state index contributed by atoms with van der Waals surface area (Å²) in [7, 11) is -2.92. The van der Waals surface area contributed by atoms with Crippen LogP contribution in [-0.2, 0) is 32.6 Å². The van der Waals surface area contributed by atoms with Crippen molar-refractivity contribution >= 4 is 62.3 Å². The predicted octanol–water partition coefficient (Wildman–Crippen LogP) is 6.37. The number of sulfonamides is 1. The fourth-order valence-corrected chi connectivity index (χ4v) is 6.58. The van der Waals surface area contributed by atoms with E-state index in [1.165, 1.54) is 42.3 Å². The summed E-state index contributed by atoms with van der Waals surface area (Å²) in [4.78, 5) is 28.7. The highest BCUT2D eigenvalue weighted by Gasteiger charge is 2.35. The van der Waals surface area contributed by atoms with Crippen molar-refractivity contribution in [2.24, 2.45) is 0 Å². The van der Waals surface area contributed by atoms with Gasteiger partial charge in [0.15, 0.2) is 0 Å². The summed E-state index contributed by atoms with van der Waals surface area (Å²) in [6.07, 6.45) is 0.113. The number of hydrogen-bond acceptors (Lipinski definition) is 4. The molecule has 0 aliphatic rings. The van der Waals surface area contributed by atoms with E-state index >= 15 is 0 Å². The first kappa shape index (κ1) is 32.3. The number of likely N-dealkylation sites (N-methyl/N-ethyl adjacent to an activating group) is 1. The molecule has 0 aliphatic heterocycles. The zero-order valence-electron chi connectivity index (χ0n) is 22.9. The van der Waals surface area contributed by atoms with E-state index in [1.54, 1.807) is 36.4 Å². The second-order valence-corrected chi connectivity index (χ2v) is 12.5. The molecule has 43 heavy (non-hydrogen) atoms. The number of nitrogens with zero attached hydrogens (tertiary/aromatic N) is 2. The lowest BCUT2D eigenvalue weighted by Crippen LogP contribution is -2.53. The Kier molecular flexibility index (Phi) is 10.7. The van der Waals surface area contributed by atoms with Crippen molar-refractivity contribution in [3.8, 4) is 0 Å². The zero-order chi connectivity index (χ0) is 31.1. The molecule has 4 aromatic carbocycles. The molecule has 0 heterocycles. The molecule has 1 unspecified atom stereocenters. The molecule has 0 saturated carbocycles. The summed E-state index contributed by atoms with van der Waals surface area (Å²) in [5.74, 6) is -1.98. The Balaban J connectivity index is 1.83. The molecule has 0 aromatic heterocycles. The number of nitrogens with one attached hydrogen (secondary N) is 1. The van der Waals surface area contributed by atoms with Gasteiger partial charge in [-0.3, -0.25) is 13.9 Å². The molecular weight excluding hydrogens is 636 g/mol. The summed E-state index contributed by atoms with van der Waals surface area (Å²) in [5.41, 5.74) is 1.10. The number of hydrogen-bond donors (Lipinski definition) is 1. The van der Waals surface area contributed by atoms with Crippen LogP contribution in [0.1, 0.15) is 11.1 Å². The largest absolute Gasteiger partial charge is 0.357 e. The van der Waals surface area contributed by atoms with Crippen LogP contribution >= 0.6 is 34.8 Å². The molecule has 0 spiro atoms. The predicted molar refractivity (Wildman–Crippen MR) is 167 cm³/mol. The molecule has 0 radical (unpaired) electrons. The fourth-order valence-electron chi connectivity index (χ4n) is 4.46. The van der Waals surface area contributed by atoms with E-state index in [0.717, 1.165) is 22.0 Å². The molecule has 2 amide bonds. The zero-order valence-corrected chi connectivity index (χ0v) is 26.0. The molecule has 0 aliphatic carbocycles. The molecular formula is C31H27Cl3FN3O4S. The van der Waals surface area contributed by atoms with Crippen molar-refractivity contribution in [2.45, 2.75) is 23.9 Å². The fraction of sp³-hybridized carbons (Fsp3) is 0.161. The molecule has 224 valence electrons. The van der Waals surface area contributed by atoms with E-state index in [1.807, 2.05) is 18.2 Å². The van der Waals surface area contributed by atoms with Gasteiger partial charge in [0.25, 0.3) is 10.0 Å². The van der Waals surface area contributed by atoms with Crippen molar-refractivity contribution in [1.29, 1.82) is 0 Å². The third kappa shape index (κ3) is 7.67. The maximum absolute atomic E-state index is 14.3. The Morgan fingerprint density at radius 2 is 1.44 bits per heavy atom. The number of carbonyl (C=O) groups is 2. The van der Waals surface area contributed by atoms with Gasteiger partial charge in [-0.25, -0.2) is 12.8 Å². The van der Waals surface area contributed by atoms with E-state index in [9.17, 15) is 22.4 Å². The van der Waals surface area contributed by atoms with Gasteiger partial charge in [0, 0.05) is 35.6 Å². The van der Waals surface area contributed by atoms with Gasteiger partial charge in [-0.15, -0.1) is 0 Å². The van der Waals surface area contributed by atoms with E-state index < -0.39 is 40.2 Å². The smallest absolute Gasteiger partial charge is 0.264 e. The first-order chi connectivity index (χ1) is 20.5. The van der Waals surface area contributed by atoms with Crippen molar-refractivity contribution in [2.75, 3.05) is 17.9 Å². The van der Waals surface area contributed by atoms with E-state index in [0.29, 0.717) is 5.56 Å². The number of amides is 2. The van der Waals surface area contributed by atoms with Crippen LogP contribution in [-0.4, -0.2) is 44.8 Å². The minimum atomic E-state index is -4.36. The standard InChI is InChI=1S/C31H27Cl3FN3O4S/c1-36-31(40)29(17-21-9-4-2-5-10-21)37(19-24-25(32)13-8-14-26(24)33)30(39)20-38(22-15-16-28(35)27(34)18-22)43(41,42)23-11-6-3-7-12-23/h2-16,18,29H,17,19-20H2,1H3,(H,36,40). The van der Waals surface area contributed by atoms with Crippen molar-refractivity contribution in [3.63, 3.8) is 0 Å². The van der Waals surface area contributed by atoms with Gasteiger partial charge >= 0.3 is 0 Å². The highest BCUT2D eigenvalue weighted by molar-refractivity contribution is 7.92. The van der Waals surface area contributed by atoms with Crippen LogP contribution in [0.4, 0.5) is 10.1 Å². The highest BCUT2D eigenvalue weighted by Crippen LogP contribution is 2.30. The number of halogens is 4. The minimum absolute atomic E-state index is 0.0427. The Hall–Kier alpha value is -3.63.